The van der Waals surface area contributed by atoms with Crippen molar-refractivity contribution in [3.63, 3.8) is 0 Å². The number of hydrogen-bond acceptors (Lipinski definition) is 3. The average molecular weight is 333 g/mol. The van der Waals surface area contributed by atoms with E-state index >= 15 is 0 Å². The number of alkyl halides is 1. The molecule has 0 aliphatic rings. The zero-order chi connectivity index (χ0) is 15.1. The summed E-state index contributed by atoms with van der Waals surface area (Å²) in [5.74, 6) is 0.365. The lowest BCUT2D eigenvalue weighted by Crippen LogP contribution is -2.15. The molecule has 0 saturated carbocycles. The molecule has 0 radical (unpaired) electrons. The zero-order valence-corrected chi connectivity index (χ0v) is 14.1. The van der Waals surface area contributed by atoms with E-state index in [2.05, 4.69) is 15.9 Å². The summed E-state index contributed by atoms with van der Waals surface area (Å²) in [5, 5.41) is 0.700. The highest BCUT2D eigenvalue weighted by atomic mass is 79.9. The molecule has 0 spiro atoms. The summed E-state index contributed by atoms with van der Waals surface area (Å²) in [6.07, 6.45) is 0. The maximum atomic E-state index is 11.1. The van der Waals surface area contributed by atoms with E-state index in [1.165, 1.54) is 0 Å². The SMILES string of the molecule is CC.CC.CCOC(=O)COc1ccccc1CBr. The number of ether oxygens (including phenoxy) is 2. The lowest BCUT2D eigenvalue weighted by atomic mass is 10.2. The first-order valence-corrected chi connectivity index (χ1v) is 7.82. The van der Waals surface area contributed by atoms with Gasteiger partial charge in [-0.3, -0.25) is 0 Å². The second-order valence-corrected chi connectivity index (χ2v) is 3.40. The van der Waals surface area contributed by atoms with Crippen LogP contribution in [0.1, 0.15) is 40.2 Å². The summed E-state index contributed by atoms with van der Waals surface area (Å²) in [4.78, 5) is 11.1. The molecule has 0 aliphatic heterocycles. The molecule has 0 N–H and O–H groups in total. The van der Waals surface area contributed by atoms with E-state index in [0.717, 1.165) is 5.56 Å². The molecule has 3 nitrogen and oxygen atoms in total. The van der Waals surface area contributed by atoms with Crippen molar-refractivity contribution in [1.82, 2.24) is 0 Å². The lowest BCUT2D eigenvalue weighted by Gasteiger charge is -2.08. The second kappa shape index (κ2) is 15.0. The Kier molecular flexibility index (Phi) is 16.1. The first-order chi connectivity index (χ1) is 9.27. The lowest BCUT2D eigenvalue weighted by molar-refractivity contribution is -0.145. The Balaban J connectivity index is 0. The summed E-state index contributed by atoms with van der Waals surface area (Å²) in [7, 11) is 0. The van der Waals surface area contributed by atoms with Crippen LogP contribution in [-0.4, -0.2) is 19.2 Å². The van der Waals surface area contributed by atoms with Crippen LogP contribution in [0, 0.1) is 0 Å². The number of esters is 1. The van der Waals surface area contributed by atoms with Crippen LogP contribution >= 0.6 is 15.9 Å². The third-order valence-corrected chi connectivity index (χ3v) is 2.37. The molecular weight excluding hydrogens is 308 g/mol. The van der Waals surface area contributed by atoms with Gasteiger partial charge in [-0.1, -0.05) is 61.8 Å². The minimum atomic E-state index is -0.345. The molecule has 1 aromatic rings. The Morgan fingerprint density at radius 3 is 2.26 bits per heavy atom. The monoisotopic (exact) mass is 332 g/mol. The van der Waals surface area contributed by atoms with Crippen molar-refractivity contribution in [3.8, 4) is 5.75 Å². The number of carbonyl (C=O) groups is 1. The maximum Gasteiger partial charge on any atom is 0.344 e. The highest BCUT2D eigenvalue weighted by Gasteiger charge is 2.05. The highest BCUT2D eigenvalue weighted by molar-refractivity contribution is 9.08. The van der Waals surface area contributed by atoms with E-state index in [9.17, 15) is 4.79 Å². The Morgan fingerprint density at radius 2 is 1.74 bits per heavy atom. The van der Waals surface area contributed by atoms with Crippen molar-refractivity contribution < 1.29 is 14.3 Å². The van der Waals surface area contributed by atoms with Crippen LogP contribution in [-0.2, 0) is 14.9 Å². The quantitative estimate of drug-likeness (QED) is 0.585. The minimum absolute atomic E-state index is 0.0438. The van der Waals surface area contributed by atoms with Gasteiger partial charge in [0.2, 0.25) is 0 Å². The maximum absolute atomic E-state index is 11.1. The molecule has 0 aliphatic carbocycles. The number of para-hydroxylation sites is 1. The van der Waals surface area contributed by atoms with Gasteiger partial charge < -0.3 is 9.47 Å². The van der Waals surface area contributed by atoms with Gasteiger partial charge in [-0.2, -0.15) is 0 Å². The van der Waals surface area contributed by atoms with Gasteiger partial charge in [0.15, 0.2) is 6.61 Å². The summed E-state index contributed by atoms with van der Waals surface area (Å²) in [6.45, 7) is 10.1. The molecule has 0 heterocycles. The molecule has 0 unspecified atom stereocenters. The molecule has 0 saturated heterocycles. The van der Waals surface area contributed by atoms with Crippen molar-refractivity contribution in [1.29, 1.82) is 0 Å². The van der Waals surface area contributed by atoms with Crippen LogP contribution < -0.4 is 4.74 Å². The Bertz CT molecular complexity index is 327. The van der Waals surface area contributed by atoms with Gasteiger partial charge in [0.25, 0.3) is 0 Å². The van der Waals surface area contributed by atoms with Crippen molar-refractivity contribution in [2.24, 2.45) is 0 Å². The van der Waals surface area contributed by atoms with Crippen molar-refractivity contribution in [2.75, 3.05) is 13.2 Å². The van der Waals surface area contributed by atoms with E-state index in [-0.39, 0.29) is 12.6 Å². The fourth-order valence-corrected chi connectivity index (χ4v) is 1.56. The van der Waals surface area contributed by atoms with Gasteiger partial charge in [-0.15, -0.1) is 0 Å². The molecule has 1 aromatic carbocycles. The number of hydrogen-bond donors (Lipinski definition) is 0. The highest BCUT2D eigenvalue weighted by Crippen LogP contribution is 2.20. The Labute approximate surface area is 125 Å². The first-order valence-electron chi connectivity index (χ1n) is 6.70. The van der Waals surface area contributed by atoms with Crippen molar-refractivity contribution in [2.45, 2.75) is 39.9 Å². The molecule has 0 bridgehead atoms. The normalized spacial score (nSPS) is 8.32. The average Bonchev–Trinajstić information content (AvgIpc) is 2.50. The van der Waals surface area contributed by atoms with E-state index in [1.807, 2.05) is 52.0 Å². The van der Waals surface area contributed by atoms with Crippen LogP contribution in [0.5, 0.6) is 5.75 Å². The van der Waals surface area contributed by atoms with Gasteiger partial charge in [-0.25, -0.2) is 4.79 Å². The first kappa shape index (κ1) is 20.3. The third-order valence-electron chi connectivity index (χ3n) is 1.77. The third kappa shape index (κ3) is 9.54. The van der Waals surface area contributed by atoms with Crippen molar-refractivity contribution >= 4 is 21.9 Å². The second-order valence-electron chi connectivity index (χ2n) is 2.84. The molecule has 0 amide bonds. The molecule has 19 heavy (non-hydrogen) atoms. The molecular formula is C15H25BrO3. The number of benzene rings is 1. The van der Waals surface area contributed by atoms with Crippen LogP contribution in [0.25, 0.3) is 0 Å². The Hall–Kier alpha value is -1.03. The van der Waals surface area contributed by atoms with E-state index in [0.29, 0.717) is 17.7 Å². The van der Waals surface area contributed by atoms with Gasteiger partial charge >= 0.3 is 5.97 Å². The van der Waals surface area contributed by atoms with Gasteiger partial charge in [0.05, 0.1) is 6.61 Å². The fourth-order valence-electron chi connectivity index (χ4n) is 1.09. The van der Waals surface area contributed by atoms with E-state index in [4.69, 9.17) is 9.47 Å². The smallest absolute Gasteiger partial charge is 0.344 e. The van der Waals surface area contributed by atoms with Crippen LogP contribution in [0.2, 0.25) is 0 Å². The standard InChI is InChI=1S/C11H13BrO3.2C2H6/c1-2-14-11(13)8-15-10-6-4-3-5-9(10)7-12;2*1-2/h3-6H,2,7-8H2,1H3;2*1-2H3. The summed E-state index contributed by atoms with van der Waals surface area (Å²) >= 11 is 3.35. The molecule has 1 rings (SSSR count). The van der Waals surface area contributed by atoms with Gasteiger partial charge in [-0.05, 0) is 13.0 Å². The topological polar surface area (TPSA) is 35.5 Å². The molecule has 0 aromatic heterocycles. The van der Waals surface area contributed by atoms with Gasteiger partial charge in [0.1, 0.15) is 5.75 Å². The number of rotatable bonds is 5. The molecule has 4 heteroatoms. The summed E-state index contributed by atoms with van der Waals surface area (Å²) in [5.41, 5.74) is 1.02. The van der Waals surface area contributed by atoms with Crippen LogP contribution in [0.15, 0.2) is 24.3 Å². The zero-order valence-electron chi connectivity index (χ0n) is 12.5. The van der Waals surface area contributed by atoms with Crippen LogP contribution in [0.4, 0.5) is 0 Å². The van der Waals surface area contributed by atoms with Gasteiger partial charge in [0, 0.05) is 10.9 Å². The predicted molar refractivity (Wildman–Crippen MR) is 83.9 cm³/mol. The van der Waals surface area contributed by atoms with Crippen molar-refractivity contribution in [3.05, 3.63) is 29.8 Å². The summed E-state index contributed by atoms with van der Waals surface area (Å²) in [6, 6.07) is 7.56. The molecule has 0 atom stereocenters. The summed E-state index contributed by atoms with van der Waals surface area (Å²) < 4.78 is 10.1. The Morgan fingerprint density at radius 1 is 1.16 bits per heavy atom. The minimum Gasteiger partial charge on any atom is -0.482 e. The van der Waals surface area contributed by atoms with E-state index < -0.39 is 0 Å². The fraction of sp³-hybridized carbons (Fsp3) is 0.533. The number of carbonyl (C=O) groups excluding carboxylic acids is 1. The van der Waals surface area contributed by atoms with E-state index in [1.54, 1.807) is 6.92 Å². The largest absolute Gasteiger partial charge is 0.482 e. The van der Waals surface area contributed by atoms with Crippen LogP contribution in [0.3, 0.4) is 0 Å². The number of halogens is 1. The predicted octanol–water partition coefficient (Wildman–Crippen LogP) is 4.58. The molecule has 110 valence electrons. The molecule has 0 fully saturated rings.